The van der Waals surface area contributed by atoms with E-state index in [0.29, 0.717) is 28.8 Å². The summed E-state index contributed by atoms with van der Waals surface area (Å²) < 4.78 is 15.8. The predicted octanol–water partition coefficient (Wildman–Crippen LogP) is 5.12. The Bertz CT molecular complexity index is 1080. The number of phenols is 1. The summed E-state index contributed by atoms with van der Waals surface area (Å²) in [5, 5.41) is 21.6. The molecule has 150 valence electrons. The van der Waals surface area contributed by atoms with Crippen LogP contribution in [0.25, 0.3) is 11.4 Å². The second-order valence-electron chi connectivity index (χ2n) is 5.83. The lowest BCUT2D eigenvalue weighted by atomic mass is 10.2. The van der Waals surface area contributed by atoms with Gasteiger partial charge in [-0.3, -0.25) is 9.36 Å². The summed E-state index contributed by atoms with van der Waals surface area (Å²) in [6.07, 6.45) is 1.67. The highest BCUT2D eigenvalue weighted by Gasteiger charge is 2.18. The number of nitrogens with one attached hydrogen (secondary N) is 1. The SMILES string of the molecule is C=CCn1c(SCC(=O)Nc2ccc(F)c(Cl)c2)nnc1-c1cc(Br)ccc1O. The molecular formula is C19H15BrClFN4O2S. The molecule has 0 atom stereocenters. The normalized spacial score (nSPS) is 10.7. The van der Waals surface area contributed by atoms with Gasteiger partial charge in [0.05, 0.1) is 16.3 Å². The molecule has 0 saturated heterocycles. The lowest BCUT2D eigenvalue weighted by Crippen LogP contribution is -2.14. The molecule has 1 aromatic heterocycles. The van der Waals surface area contributed by atoms with Gasteiger partial charge in [-0.05, 0) is 36.4 Å². The highest BCUT2D eigenvalue weighted by molar-refractivity contribution is 9.10. The number of aromatic hydroxyl groups is 1. The quantitative estimate of drug-likeness (QED) is 0.350. The molecule has 0 aliphatic carbocycles. The van der Waals surface area contributed by atoms with Gasteiger partial charge in [0.15, 0.2) is 11.0 Å². The van der Waals surface area contributed by atoms with Gasteiger partial charge in [-0.15, -0.1) is 16.8 Å². The van der Waals surface area contributed by atoms with Gasteiger partial charge in [-0.2, -0.15) is 0 Å². The van der Waals surface area contributed by atoms with E-state index in [9.17, 15) is 14.3 Å². The van der Waals surface area contributed by atoms with Gasteiger partial charge in [-0.1, -0.05) is 45.4 Å². The largest absolute Gasteiger partial charge is 0.507 e. The van der Waals surface area contributed by atoms with E-state index >= 15 is 0 Å². The third kappa shape index (κ3) is 5.17. The number of aromatic nitrogens is 3. The van der Waals surface area contributed by atoms with E-state index in [4.69, 9.17) is 11.6 Å². The van der Waals surface area contributed by atoms with E-state index in [-0.39, 0.29) is 22.4 Å². The van der Waals surface area contributed by atoms with Crippen molar-refractivity contribution in [1.82, 2.24) is 14.8 Å². The molecule has 6 nitrogen and oxygen atoms in total. The Balaban J connectivity index is 1.76. The molecule has 0 fully saturated rings. The lowest BCUT2D eigenvalue weighted by molar-refractivity contribution is -0.113. The summed E-state index contributed by atoms with van der Waals surface area (Å²) >= 11 is 10.3. The minimum Gasteiger partial charge on any atom is -0.507 e. The molecular weight excluding hydrogens is 483 g/mol. The average molecular weight is 498 g/mol. The smallest absolute Gasteiger partial charge is 0.234 e. The first kappa shape index (κ1) is 21.4. The maximum absolute atomic E-state index is 13.2. The molecule has 1 amide bonds. The average Bonchev–Trinajstić information content (AvgIpc) is 3.08. The molecule has 29 heavy (non-hydrogen) atoms. The molecule has 2 aromatic carbocycles. The summed E-state index contributed by atoms with van der Waals surface area (Å²) in [4.78, 5) is 12.2. The van der Waals surface area contributed by atoms with Crippen molar-refractivity contribution in [2.45, 2.75) is 11.7 Å². The molecule has 3 aromatic rings. The number of anilines is 1. The van der Waals surface area contributed by atoms with Crippen molar-refractivity contribution in [2.24, 2.45) is 0 Å². The van der Waals surface area contributed by atoms with Crippen molar-refractivity contribution >= 4 is 50.9 Å². The maximum atomic E-state index is 13.2. The van der Waals surface area contributed by atoms with E-state index in [1.807, 2.05) is 0 Å². The molecule has 2 N–H and O–H groups in total. The highest BCUT2D eigenvalue weighted by atomic mass is 79.9. The number of phenolic OH excluding ortho intramolecular Hbond substituents is 1. The minimum absolute atomic E-state index is 0.0503. The molecule has 0 aliphatic rings. The first-order valence-corrected chi connectivity index (χ1v) is 10.5. The van der Waals surface area contributed by atoms with Crippen LogP contribution >= 0.6 is 39.3 Å². The van der Waals surface area contributed by atoms with Crippen LogP contribution in [0.2, 0.25) is 5.02 Å². The van der Waals surface area contributed by atoms with Crippen LogP contribution in [0.3, 0.4) is 0 Å². The zero-order valence-corrected chi connectivity index (χ0v) is 18.1. The molecule has 0 radical (unpaired) electrons. The van der Waals surface area contributed by atoms with Crippen LogP contribution in [-0.2, 0) is 11.3 Å². The van der Waals surface area contributed by atoms with Crippen LogP contribution in [0, 0.1) is 5.82 Å². The third-order valence-corrected chi connectivity index (χ3v) is 5.51. The van der Waals surface area contributed by atoms with E-state index in [2.05, 4.69) is 38.0 Å². The number of thioether (sulfide) groups is 1. The number of amides is 1. The number of hydrogen-bond acceptors (Lipinski definition) is 5. The lowest BCUT2D eigenvalue weighted by Gasteiger charge is -2.09. The zero-order chi connectivity index (χ0) is 21.0. The van der Waals surface area contributed by atoms with Crippen LogP contribution < -0.4 is 5.32 Å². The van der Waals surface area contributed by atoms with E-state index in [1.165, 1.54) is 30.0 Å². The van der Waals surface area contributed by atoms with Crippen molar-refractivity contribution in [3.8, 4) is 17.1 Å². The topological polar surface area (TPSA) is 80.0 Å². The number of carbonyl (C=O) groups is 1. The Kier molecular flexibility index (Phi) is 6.94. The monoisotopic (exact) mass is 496 g/mol. The van der Waals surface area contributed by atoms with Crippen LogP contribution in [0.1, 0.15) is 0 Å². The Morgan fingerprint density at radius 3 is 2.86 bits per heavy atom. The van der Waals surface area contributed by atoms with Crippen molar-refractivity contribution in [3.05, 3.63) is 64.4 Å². The molecule has 10 heteroatoms. The van der Waals surface area contributed by atoms with Crippen molar-refractivity contribution in [2.75, 3.05) is 11.1 Å². The summed E-state index contributed by atoms with van der Waals surface area (Å²) in [6.45, 7) is 4.13. The van der Waals surface area contributed by atoms with Crippen molar-refractivity contribution in [3.63, 3.8) is 0 Å². The second-order valence-corrected chi connectivity index (χ2v) is 8.10. The summed E-state index contributed by atoms with van der Waals surface area (Å²) in [5.41, 5.74) is 0.903. The van der Waals surface area contributed by atoms with Gasteiger partial charge < -0.3 is 10.4 Å². The van der Waals surface area contributed by atoms with Crippen LogP contribution in [-0.4, -0.2) is 31.5 Å². The molecule has 3 rings (SSSR count). The third-order valence-electron chi connectivity index (χ3n) is 3.76. The standard InChI is InChI=1S/C19H15BrClFN4O2S/c1-2-7-26-18(13-8-11(20)3-6-16(13)27)24-25-19(26)29-10-17(28)23-12-4-5-15(22)14(21)9-12/h2-6,8-9,27H,1,7,10H2,(H,23,28). The molecule has 0 spiro atoms. The minimum atomic E-state index is -0.556. The zero-order valence-electron chi connectivity index (χ0n) is 14.9. The summed E-state index contributed by atoms with van der Waals surface area (Å²) in [5.74, 6) is -0.294. The predicted molar refractivity (Wildman–Crippen MR) is 116 cm³/mol. The fourth-order valence-electron chi connectivity index (χ4n) is 2.48. The maximum Gasteiger partial charge on any atom is 0.234 e. The molecule has 1 heterocycles. The van der Waals surface area contributed by atoms with E-state index < -0.39 is 5.82 Å². The fraction of sp³-hybridized carbons (Fsp3) is 0.105. The Morgan fingerprint density at radius 1 is 1.34 bits per heavy atom. The van der Waals surface area contributed by atoms with Gasteiger partial charge in [0.25, 0.3) is 0 Å². The number of rotatable bonds is 7. The van der Waals surface area contributed by atoms with Crippen molar-refractivity contribution < 1.29 is 14.3 Å². The number of carbonyl (C=O) groups excluding carboxylic acids is 1. The van der Waals surface area contributed by atoms with Crippen LogP contribution in [0.4, 0.5) is 10.1 Å². The number of allylic oxidation sites excluding steroid dienone is 1. The Morgan fingerprint density at radius 2 is 2.14 bits per heavy atom. The van der Waals surface area contributed by atoms with Crippen LogP contribution in [0.5, 0.6) is 5.75 Å². The molecule has 0 aliphatic heterocycles. The van der Waals surface area contributed by atoms with Crippen LogP contribution in [0.15, 0.2) is 58.7 Å². The van der Waals surface area contributed by atoms with Gasteiger partial charge >= 0.3 is 0 Å². The Hall–Kier alpha value is -2.36. The van der Waals surface area contributed by atoms with Gasteiger partial charge in [0.2, 0.25) is 5.91 Å². The van der Waals surface area contributed by atoms with Gasteiger partial charge in [0, 0.05) is 16.7 Å². The van der Waals surface area contributed by atoms with Gasteiger partial charge in [-0.25, -0.2) is 4.39 Å². The number of halogens is 3. The van der Waals surface area contributed by atoms with Crippen molar-refractivity contribution in [1.29, 1.82) is 0 Å². The molecule has 0 unspecified atom stereocenters. The van der Waals surface area contributed by atoms with E-state index in [0.717, 1.165) is 4.47 Å². The van der Waals surface area contributed by atoms with Gasteiger partial charge in [0.1, 0.15) is 11.6 Å². The second kappa shape index (κ2) is 9.43. The molecule has 0 saturated carbocycles. The number of hydrogen-bond donors (Lipinski definition) is 2. The Labute approximate surface area is 183 Å². The fourth-order valence-corrected chi connectivity index (χ4v) is 3.77. The number of benzene rings is 2. The first-order valence-electron chi connectivity index (χ1n) is 8.29. The highest BCUT2D eigenvalue weighted by Crippen LogP contribution is 2.32. The molecule has 0 bridgehead atoms. The first-order chi connectivity index (χ1) is 13.9. The summed E-state index contributed by atoms with van der Waals surface area (Å²) in [6, 6.07) is 8.96. The van der Waals surface area contributed by atoms with E-state index in [1.54, 1.807) is 28.8 Å². The number of nitrogens with zero attached hydrogens (tertiary/aromatic N) is 3. The summed E-state index contributed by atoms with van der Waals surface area (Å²) in [7, 11) is 0.